The maximum atomic E-state index is 13.3. The Morgan fingerprint density at radius 1 is 1.22 bits per heavy atom. The summed E-state index contributed by atoms with van der Waals surface area (Å²) in [4.78, 5) is 1.51. The average molecular weight is 258 g/mol. The lowest BCUT2D eigenvalue weighted by molar-refractivity contribution is -0.187. The number of hydrogen-bond donors (Lipinski definition) is 1. The van der Waals surface area contributed by atoms with E-state index in [4.69, 9.17) is 0 Å². The molecule has 18 heavy (non-hydrogen) atoms. The Labute approximate surface area is 105 Å². The third-order valence-electron chi connectivity index (χ3n) is 3.18. The first-order valence-corrected chi connectivity index (χ1v) is 6.06. The number of alkyl halides is 3. The number of aryl methyl sites for hydroxylation is 1. The van der Waals surface area contributed by atoms with Crippen LogP contribution in [0.4, 0.5) is 13.2 Å². The van der Waals surface area contributed by atoms with E-state index >= 15 is 0 Å². The van der Waals surface area contributed by atoms with Crippen LogP contribution in [0.15, 0.2) is 24.3 Å². The van der Waals surface area contributed by atoms with Crippen LogP contribution >= 0.6 is 0 Å². The zero-order valence-corrected chi connectivity index (χ0v) is 10.3. The molecule has 1 aromatic rings. The minimum Gasteiger partial charge on any atom is -0.314 e. The second-order valence-electron chi connectivity index (χ2n) is 4.64. The summed E-state index contributed by atoms with van der Waals surface area (Å²) in [6.45, 7) is 3.89. The van der Waals surface area contributed by atoms with Crippen molar-refractivity contribution in [2.75, 3.05) is 26.2 Å². The molecule has 0 bridgehead atoms. The van der Waals surface area contributed by atoms with E-state index in [9.17, 15) is 13.2 Å². The van der Waals surface area contributed by atoms with E-state index in [2.05, 4.69) is 5.32 Å². The van der Waals surface area contributed by atoms with Crippen LogP contribution in [-0.2, 0) is 0 Å². The summed E-state index contributed by atoms with van der Waals surface area (Å²) in [5, 5.41) is 3.07. The lowest BCUT2D eigenvalue weighted by atomic mass is 10.0. The first-order chi connectivity index (χ1) is 8.48. The summed E-state index contributed by atoms with van der Waals surface area (Å²) < 4.78 is 39.8. The number of piperazine rings is 1. The number of nitrogens with zero attached hydrogens (tertiary/aromatic N) is 1. The van der Waals surface area contributed by atoms with Gasteiger partial charge in [0.1, 0.15) is 6.04 Å². The number of benzene rings is 1. The first-order valence-electron chi connectivity index (χ1n) is 6.06. The van der Waals surface area contributed by atoms with Gasteiger partial charge in [-0.15, -0.1) is 0 Å². The second-order valence-corrected chi connectivity index (χ2v) is 4.64. The predicted octanol–water partition coefficient (Wildman–Crippen LogP) is 2.50. The molecular weight excluding hydrogens is 241 g/mol. The number of halogens is 3. The van der Waals surface area contributed by atoms with Gasteiger partial charge in [0.25, 0.3) is 0 Å². The van der Waals surface area contributed by atoms with Gasteiger partial charge in [0.2, 0.25) is 0 Å². The molecule has 1 aromatic carbocycles. The van der Waals surface area contributed by atoms with Crippen molar-refractivity contribution in [2.24, 2.45) is 0 Å². The molecule has 0 radical (unpaired) electrons. The monoisotopic (exact) mass is 258 g/mol. The molecule has 2 rings (SSSR count). The third-order valence-corrected chi connectivity index (χ3v) is 3.18. The van der Waals surface area contributed by atoms with Crippen molar-refractivity contribution in [1.82, 2.24) is 10.2 Å². The van der Waals surface area contributed by atoms with E-state index in [1.807, 2.05) is 13.0 Å². The van der Waals surface area contributed by atoms with Crippen molar-refractivity contribution in [1.29, 1.82) is 0 Å². The van der Waals surface area contributed by atoms with Gasteiger partial charge in [-0.3, -0.25) is 4.90 Å². The maximum absolute atomic E-state index is 13.3. The molecule has 0 unspecified atom stereocenters. The van der Waals surface area contributed by atoms with Gasteiger partial charge in [-0.1, -0.05) is 29.8 Å². The van der Waals surface area contributed by atoms with Crippen molar-refractivity contribution < 1.29 is 13.2 Å². The van der Waals surface area contributed by atoms with Gasteiger partial charge in [0, 0.05) is 26.2 Å². The van der Waals surface area contributed by atoms with Crippen LogP contribution in [0.2, 0.25) is 0 Å². The Morgan fingerprint density at radius 2 is 1.89 bits per heavy atom. The molecule has 5 heteroatoms. The highest BCUT2D eigenvalue weighted by Gasteiger charge is 2.44. The Bertz CT molecular complexity index is 397. The van der Waals surface area contributed by atoms with Crippen molar-refractivity contribution in [3.05, 3.63) is 35.4 Å². The van der Waals surface area contributed by atoms with Crippen LogP contribution in [0.25, 0.3) is 0 Å². The van der Waals surface area contributed by atoms with Crippen molar-refractivity contribution >= 4 is 0 Å². The fraction of sp³-hybridized carbons (Fsp3) is 0.538. The summed E-state index contributed by atoms with van der Waals surface area (Å²) >= 11 is 0. The van der Waals surface area contributed by atoms with Gasteiger partial charge < -0.3 is 5.32 Å². The van der Waals surface area contributed by atoms with E-state index in [1.165, 1.54) is 4.90 Å². The summed E-state index contributed by atoms with van der Waals surface area (Å²) in [6.07, 6.45) is -4.23. The van der Waals surface area contributed by atoms with Gasteiger partial charge in [0.05, 0.1) is 0 Å². The molecule has 1 fully saturated rings. The normalized spacial score (nSPS) is 19.8. The number of rotatable bonds is 2. The molecule has 1 saturated heterocycles. The summed E-state index contributed by atoms with van der Waals surface area (Å²) in [7, 11) is 0. The highest BCUT2D eigenvalue weighted by atomic mass is 19.4. The van der Waals surface area contributed by atoms with Gasteiger partial charge >= 0.3 is 6.18 Å². The largest absolute Gasteiger partial charge is 0.408 e. The lowest BCUT2D eigenvalue weighted by Crippen LogP contribution is -2.49. The van der Waals surface area contributed by atoms with E-state index < -0.39 is 12.2 Å². The van der Waals surface area contributed by atoms with Crippen LogP contribution in [0.3, 0.4) is 0 Å². The molecule has 0 aromatic heterocycles. The van der Waals surface area contributed by atoms with Gasteiger partial charge in [-0.25, -0.2) is 0 Å². The smallest absolute Gasteiger partial charge is 0.314 e. The zero-order valence-electron chi connectivity index (χ0n) is 10.3. The van der Waals surface area contributed by atoms with Crippen molar-refractivity contribution in [3.8, 4) is 0 Å². The molecule has 2 nitrogen and oxygen atoms in total. The third kappa shape index (κ3) is 3.03. The second kappa shape index (κ2) is 5.28. The molecular formula is C13H17F3N2. The molecule has 1 aliphatic rings. The zero-order chi connectivity index (χ0) is 13.2. The average Bonchev–Trinajstić information content (AvgIpc) is 2.28. The highest BCUT2D eigenvalue weighted by Crippen LogP contribution is 2.37. The van der Waals surface area contributed by atoms with Crippen LogP contribution in [-0.4, -0.2) is 37.3 Å². The van der Waals surface area contributed by atoms with Crippen molar-refractivity contribution in [2.45, 2.75) is 19.1 Å². The topological polar surface area (TPSA) is 15.3 Å². The minimum absolute atomic E-state index is 0.337. The lowest BCUT2D eigenvalue weighted by Gasteiger charge is -2.36. The van der Waals surface area contributed by atoms with Gasteiger partial charge in [-0.05, 0) is 12.5 Å². The van der Waals surface area contributed by atoms with Gasteiger partial charge in [0.15, 0.2) is 0 Å². The van der Waals surface area contributed by atoms with E-state index in [-0.39, 0.29) is 0 Å². The molecule has 0 saturated carbocycles. The fourth-order valence-corrected chi connectivity index (χ4v) is 2.39. The van der Waals surface area contributed by atoms with Crippen LogP contribution in [0.1, 0.15) is 17.2 Å². The molecule has 0 spiro atoms. The van der Waals surface area contributed by atoms with Crippen LogP contribution in [0.5, 0.6) is 0 Å². The summed E-state index contributed by atoms with van der Waals surface area (Å²) in [6, 6.07) is 5.20. The SMILES string of the molecule is Cc1cccc([C@@H](N2CCNCC2)C(F)(F)F)c1. The molecule has 1 N–H and O–H groups in total. The minimum atomic E-state index is -4.23. The number of nitrogens with one attached hydrogen (secondary N) is 1. The number of hydrogen-bond acceptors (Lipinski definition) is 2. The van der Waals surface area contributed by atoms with E-state index in [0.717, 1.165) is 5.56 Å². The van der Waals surface area contributed by atoms with Crippen LogP contribution in [0, 0.1) is 6.92 Å². The first kappa shape index (κ1) is 13.4. The molecule has 1 atom stereocenters. The fourth-order valence-electron chi connectivity index (χ4n) is 2.39. The summed E-state index contributed by atoms with van der Waals surface area (Å²) in [5.41, 5.74) is 1.20. The Morgan fingerprint density at radius 3 is 2.44 bits per heavy atom. The van der Waals surface area contributed by atoms with Gasteiger partial charge in [-0.2, -0.15) is 13.2 Å². The van der Waals surface area contributed by atoms with Crippen molar-refractivity contribution in [3.63, 3.8) is 0 Å². The molecule has 0 aliphatic carbocycles. The predicted molar refractivity (Wildman–Crippen MR) is 64.4 cm³/mol. The summed E-state index contributed by atoms with van der Waals surface area (Å²) in [5.74, 6) is 0. The molecule has 100 valence electrons. The molecule has 1 heterocycles. The van der Waals surface area contributed by atoms with E-state index in [1.54, 1.807) is 18.2 Å². The maximum Gasteiger partial charge on any atom is 0.408 e. The van der Waals surface area contributed by atoms with E-state index in [0.29, 0.717) is 31.7 Å². The van der Waals surface area contributed by atoms with Crippen LogP contribution < -0.4 is 5.32 Å². The molecule has 0 amide bonds. The Balaban J connectivity index is 2.30. The standard InChI is InChI=1S/C13H17F3N2/c1-10-3-2-4-11(9-10)12(13(14,15)16)18-7-5-17-6-8-18/h2-4,9,12,17H,5-8H2,1H3/t12-/m1/s1. The Kier molecular flexibility index (Phi) is 3.92. The Hall–Kier alpha value is -1.07. The quantitative estimate of drug-likeness (QED) is 0.876. The highest BCUT2D eigenvalue weighted by molar-refractivity contribution is 5.26. The molecule has 1 aliphatic heterocycles.